The molecule has 4 atom stereocenters. The second-order valence-electron chi connectivity index (χ2n) is 11.5. The van der Waals surface area contributed by atoms with Gasteiger partial charge in [-0.25, -0.2) is 4.39 Å². The lowest BCUT2D eigenvalue weighted by atomic mass is 9.57. The summed E-state index contributed by atoms with van der Waals surface area (Å²) < 4.78 is 13.8. The summed E-state index contributed by atoms with van der Waals surface area (Å²) in [6, 6.07) is 6.07. The summed E-state index contributed by atoms with van der Waals surface area (Å²) in [4.78, 5) is 52.7. The van der Waals surface area contributed by atoms with Gasteiger partial charge in [0, 0.05) is 17.9 Å². The molecule has 42 heavy (non-hydrogen) atoms. The number of primary amides is 1. The number of hydrogen-bond acceptors (Lipinski definition) is 9. The quantitative estimate of drug-likeness (QED) is 0.322. The van der Waals surface area contributed by atoms with Gasteiger partial charge < -0.3 is 31.0 Å². The monoisotopic (exact) mass is 578 g/mol. The van der Waals surface area contributed by atoms with Crippen LogP contribution in [-0.4, -0.2) is 74.3 Å². The number of hydrogen-bond donors (Lipinski definition) is 5. The Morgan fingerprint density at radius 3 is 2.33 bits per heavy atom. The van der Waals surface area contributed by atoms with Crippen molar-refractivity contribution in [2.75, 3.05) is 14.1 Å². The number of likely N-dealkylation sites (N-methyl/N-ethyl adjacent to an activating group) is 1. The number of phenols is 1. The maximum atomic E-state index is 14.1. The van der Waals surface area contributed by atoms with Crippen molar-refractivity contribution < 1.29 is 44.0 Å². The van der Waals surface area contributed by atoms with Crippen molar-refractivity contribution in [2.24, 2.45) is 17.6 Å². The van der Waals surface area contributed by atoms with Crippen molar-refractivity contribution in [2.45, 2.75) is 44.2 Å². The van der Waals surface area contributed by atoms with Gasteiger partial charge >= 0.3 is 0 Å². The average Bonchev–Trinajstić information content (AvgIpc) is 2.90. The number of ketones is 3. The molecule has 1 fully saturated rings. The fraction of sp³-hybridized carbons (Fsp3) is 0.355. The Balaban J connectivity index is 1.76. The predicted octanol–water partition coefficient (Wildman–Crippen LogP) is 2.29. The van der Waals surface area contributed by atoms with Crippen molar-refractivity contribution >= 4 is 29.0 Å². The number of rotatable bonds is 6. The summed E-state index contributed by atoms with van der Waals surface area (Å²) >= 11 is 0. The van der Waals surface area contributed by atoms with Crippen LogP contribution in [0.5, 0.6) is 5.75 Å². The highest BCUT2D eigenvalue weighted by Gasteiger charge is 2.64. The van der Waals surface area contributed by atoms with E-state index in [0.717, 1.165) is 0 Å². The van der Waals surface area contributed by atoms with Crippen LogP contribution in [0.4, 0.5) is 4.39 Å². The fourth-order valence-corrected chi connectivity index (χ4v) is 6.76. The third kappa shape index (κ3) is 4.23. The van der Waals surface area contributed by atoms with Gasteiger partial charge in [0.25, 0.3) is 5.91 Å². The summed E-state index contributed by atoms with van der Waals surface area (Å²) in [6.45, 7) is 1.40. The van der Waals surface area contributed by atoms with E-state index in [2.05, 4.69) is 0 Å². The highest BCUT2D eigenvalue weighted by molar-refractivity contribution is 6.24. The predicted molar refractivity (Wildman–Crippen MR) is 149 cm³/mol. The van der Waals surface area contributed by atoms with Gasteiger partial charge in [-0.15, -0.1) is 0 Å². The van der Waals surface area contributed by atoms with E-state index in [9.17, 15) is 44.0 Å². The molecular weight excluding hydrogens is 547 g/mol. The van der Waals surface area contributed by atoms with Crippen LogP contribution in [0.15, 0.2) is 47.2 Å². The van der Waals surface area contributed by atoms with Gasteiger partial charge in [-0.2, -0.15) is 0 Å². The number of aryl methyl sites for hydroxylation is 1. The Bertz CT molecular complexity index is 1620. The lowest BCUT2D eigenvalue weighted by molar-refractivity contribution is -0.153. The number of amides is 1. The number of fused-ring (bicyclic) bond motifs is 3. The van der Waals surface area contributed by atoms with Crippen molar-refractivity contribution in [3.8, 4) is 16.9 Å². The Kier molecular flexibility index (Phi) is 7.06. The highest BCUT2D eigenvalue weighted by atomic mass is 19.1. The minimum atomic E-state index is -2.74. The van der Waals surface area contributed by atoms with Crippen LogP contribution >= 0.6 is 0 Å². The third-order valence-electron chi connectivity index (χ3n) is 8.70. The molecule has 2 aromatic carbocycles. The molecular formula is C31H31FN2O8. The Morgan fingerprint density at radius 1 is 1.12 bits per heavy atom. The number of aliphatic hydroxyl groups excluding tert-OH is 2. The van der Waals surface area contributed by atoms with Crippen molar-refractivity contribution in [3.63, 3.8) is 0 Å². The van der Waals surface area contributed by atoms with Gasteiger partial charge in [-0.05, 0) is 86.7 Å². The van der Waals surface area contributed by atoms with E-state index in [0.29, 0.717) is 22.3 Å². The van der Waals surface area contributed by atoms with Crippen LogP contribution in [0.2, 0.25) is 0 Å². The molecule has 0 bridgehead atoms. The van der Waals surface area contributed by atoms with Crippen molar-refractivity contribution in [1.82, 2.24) is 4.90 Å². The fourth-order valence-electron chi connectivity index (χ4n) is 6.76. The third-order valence-corrected chi connectivity index (χ3v) is 8.70. The first-order chi connectivity index (χ1) is 19.7. The number of carbonyl (C=O) groups excluding carboxylic acids is 4. The van der Waals surface area contributed by atoms with E-state index in [-0.39, 0.29) is 48.4 Å². The number of phenolic OH excluding ortho intramolecular Hbond substituents is 1. The second kappa shape index (κ2) is 10.2. The number of nitrogens with two attached hydrogens (primary N) is 1. The summed E-state index contributed by atoms with van der Waals surface area (Å²) in [5.74, 6) is -7.96. The molecule has 0 unspecified atom stereocenters. The average molecular weight is 579 g/mol. The maximum absolute atomic E-state index is 14.1. The molecule has 0 radical (unpaired) electrons. The molecule has 0 aromatic heterocycles. The second-order valence-corrected chi connectivity index (χ2v) is 11.5. The molecule has 1 saturated carbocycles. The number of aromatic hydroxyl groups is 1. The molecule has 10 nitrogen and oxygen atoms in total. The van der Waals surface area contributed by atoms with E-state index in [1.807, 2.05) is 0 Å². The molecule has 3 aliphatic rings. The number of Topliss-reactive ketones (excluding diaryl/α,β-unsaturated/α-hetero) is 3. The van der Waals surface area contributed by atoms with E-state index in [1.54, 1.807) is 6.07 Å². The first kappa shape index (κ1) is 29.2. The Hall–Kier alpha value is -4.35. The van der Waals surface area contributed by atoms with Crippen LogP contribution in [0.25, 0.3) is 16.9 Å². The minimum Gasteiger partial charge on any atom is -0.508 e. The smallest absolute Gasteiger partial charge is 0.255 e. The van der Waals surface area contributed by atoms with Gasteiger partial charge in [0.05, 0.1) is 11.6 Å². The number of benzene rings is 2. The molecule has 0 aliphatic heterocycles. The lowest BCUT2D eigenvalue weighted by Gasteiger charge is -2.50. The summed E-state index contributed by atoms with van der Waals surface area (Å²) in [5, 5.41) is 45.7. The zero-order chi connectivity index (χ0) is 30.8. The molecule has 0 spiro atoms. The van der Waals surface area contributed by atoms with Crippen LogP contribution < -0.4 is 5.73 Å². The van der Waals surface area contributed by atoms with Gasteiger partial charge in [0.15, 0.2) is 11.4 Å². The molecule has 220 valence electrons. The minimum absolute atomic E-state index is 0.0541. The largest absolute Gasteiger partial charge is 0.508 e. The number of nitrogens with zero attached hydrogens (tertiary/aromatic N) is 1. The molecule has 3 aliphatic carbocycles. The van der Waals surface area contributed by atoms with E-state index >= 15 is 0 Å². The van der Waals surface area contributed by atoms with Crippen LogP contribution in [0, 0.1) is 17.7 Å². The van der Waals surface area contributed by atoms with Crippen LogP contribution in [-0.2, 0) is 32.0 Å². The molecule has 11 heteroatoms. The van der Waals surface area contributed by atoms with E-state index in [4.69, 9.17) is 5.73 Å². The number of aliphatic hydroxyl groups is 3. The summed E-state index contributed by atoms with van der Waals surface area (Å²) in [6.07, 6.45) is 0.236. The van der Waals surface area contributed by atoms with Gasteiger partial charge in [-0.1, -0.05) is 12.1 Å². The van der Waals surface area contributed by atoms with Crippen molar-refractivity contribution in [3.05, 3.63) is 69.7 Å². The zero-order valence-electron chi connectivity index (χ0n) is 23.3. The number of carbonyl (C=O) groups is 4. The molecule has 5 rings (SSSR count). The van der Waals surface area contributed by atoms with Crippen molar-refractivity contribution in [1.29, 1.82) is 0 Å². The SMILES string of the molecule is CC(=O)CCc1cc(-c2ccc(F)cc2)c2c(c1O)C(O)=C1C(=O)[C@@]3(O)C(O)=C(C(N)=O)C(=O)[C@H](N(C)C)[C@@H]3C[C@@H]1C2. The normalized spacial score (nSPS) is 25.3. The van der Waals surface area contributed by atoms with Gasteiger partial charge in [0.2, 0.25) is 5.78 Å². The van der Waals surface area contributed by atoms with Crippen LogP contribution in [0.1, 0.15) is 36.5 Å². The molecule has 0 heterocycles. The standard InChI is InChI=1S/C31H31FN2O8/c1-13(35)4-5-15-10-18(14-6-8-17(32)9-7-14)19-11-16-12-20-24(34(2)3)27(38)23(30(33)41)29(40)31(20,42)28(39)21(16)26(37)22(19)25(15)36/h6-10,16,20,24,36-37,40,42H,4-5,11-12H2,1-3H3,(H2,33,41)/t16-,20-,24+,31+/m0/s1. The first-order valence-electron chi connectivity index (χ1n) is 13.5. The molecule has 2 aromatic rings. The zero-order valence-corrected chi connectivity index (χ0v) is 23.3. The summed E-state index contributed by atoms with van der Waals surface area (Å²) in [5.41, 5.74) is 3.26. The van der Waals surface area contributed by atoms with E-state index in [1.165, 1.54) is 50.2 Å². The Morgan fingerprint density at radius 2 is 1.76 bits per heavy atom. The van der Waals surface area contributed by atoms with Gasteiger partial charge in [0.1, 0.15) is 34.4 Å². The number of halogens is 1. The summed E-state index contributed by atoms with van der Waals surface area (Å²) in [7, 11) is 3.06. The van der Waals surface area contributed by atoms with Gasteiger partial charge in [-0.3, -0.25) is 19.3 Å². The Labute approximate surface area is 240 Å². The maximum Gasteiger partial charge on any atom is 0.255 e. The topological polar surface area (TPSA) is 178 Å². The molecule has 0 saturated heterocycles. The van der Waals surface area contributed by atoms with Crippen LogP contribution in [0.3, 0.4) is 0 Å². The molecule has 6 N–H and O–H groups in total. The first-order valence-corrected chi connectivity index (χ1v) is 13.5. The highest BCUT2D eigenvalue weighted by Crippen LogP contribution is 2.54. The molecule has 1 amide bonds. The lowest BCUT2D eigenvalue weighted by Crippen LogP contribution is -2.65. The van der Waals surface area contributed by atoms with E-state index < -0.39 is 63.9 Å².